The van der Waals surface area contributed by atoms with E-state index in [1.165, 1.54) is 24.5 Å². The number of fused-ring (bicyclic) bond motifs is 1. The number of rotatable bonds is 8. The summed E-state index contributed by atoms with van der Waals surface area (Å²) in [6, 6.07) is 3.04. The Bertz CT molecular complexity index is 1370. The number of alkyl halides is 3. The molecule has 9 nitrogen and oxygen atoms in total. The van der Waals surface area contributed by atoms with Crippen LogP contribution in [-0.2, 0) is 0 Å². The van der Waals surface area contributed by atoms with E-state index >= 15 is 0 Å². The van der Waals surface area contributed by atoms with Gasteiger partial charge in [-0.1, -0.05) is 5.11 Å². The molecule has 0 bridgehead atoms. The summed E-state index contributed by atoms with van der Waals surface area (Å²) in [5.74, 6) is 0.374. The maximum absolute atomic E-state index is 14.7. The summed E-state index contributed by atoms with van der Waals surface area (Å²) in [5, 5.41) is 6.34. The zero-order valence-electron chi connectivity index (χ0n) is 20.1. The predicted molar refractivity (Wildman–Crippen MR) is 130 cm³/mol. The lowest BCUT2D eigenvalue weighted by atomic mass is 9.90. The van der Waals surface area contributed by atoms with Crippen molar-refractivity contribution in [2.45, 2.75) is 63.7 Å². The summed E-state index contributed by atoms with van der Waals surface area (Å²) >= 11 is 0. The largest absolute Gasteiger partial charge is 0.493 e. The van der Waals surface area contributed by atoms with E-state index < -0.39 is 30.6 Å². The van der Waals surface area contributed by atoms with E-state index in [2.05, 4.69) is 30.3 Å². The molecule has 3 atom stereocenters. The standard InChI is InChI=1S/C25H26F3N7O2/c1-12-20(25(36)33-18-6-5-15(34-35-29)9-17(18)26)22-23(32-12)21(30-11-31-22)16-8-14(24(27)28)4-7-19(16)37-10-13-2-3-13/h4,7-8,11,13,15,17-18,24,32H,2-3,5-6,9-10H2,1H3,(H,33,36)/t15-,17+,18+/m1/s1. The maximum Gasteiger partial charge on any atom is 0.263 e. The van der Waals surface area contributed by atoms with E-state index in [0.717, 1.165) is 12.8 Å². The second-order valence-electron chi connectivity index (χ2n) is 9.65. The van der Waals surface area contributed by atoms with E-state index in [0.29, 0.717) is 59.1 Å². The number of H-pyrrole nitrogens is 1. The van der Waals surface area contributed by atoms with Gasteiger partial charge in [0.25, 0.3) is 12.3 Å². The Kier molecular flexibility index (Phi) is 6.92. The Hall–Kier alpha value is -3.79. The molecule has 0 aliphatic heterocycles. The zero-order chi connectivity index (χ0) is 26.1. The topological polar surface area (TPSA) is 129 Å². The van der Waals surface area contributed by atoms with Crippen molar-refractivity contribution in [3.05, 3.63) is 51.8 Å². The monoisotopic (exact) mass is 513 g/mol. The van der Waals surface area contributed by atoms with Crippen molar-refractivity contribution >= 4 is 16.9 Å². The van der Waals surface area contributed by atoms with Gasteiger partial charge in [-0.05, 0) is 68.7 Å². The molecule has 2 saturated carbocycles. The van der Waals surface area contributed by atoms with Gasteiger partial charge < -0.3 is 15.0 Å². The molecule has 12 heteroatoms. The SMILES string of the molecule is Cc1[nH]c2c(-c3cc(C(F)F)ccc3OCC3CC3)ncnc2c1C(=O)N[C@H]1CC[C@@H](N=[N+]=[N-])C[C@@H]1F. The summed E-state index contributed by atoms with van der Waals surface area (Å²) in [6.45, 7) is 2.17. The Morgan fingerprint density at radius 2 is 2.11 bits per heavy atom. The maximum atomic E-state index is 14.7. The molecule has 37 heavy (non-hydrogen) atoms. The highest BCUT2D eigenvalue weighted by molar-refractivity contribution is 6.09. The molecule has 0 saturated heterocycles. The number of nitrogens with zero attached hydrogens (tertiary/aromatic N) is 5. The highest BCUT2D eigenvalue weighted by Crippen LogP contribution is 2.38. The van der Waals surface area contributed by atoms with Crippen LogP contribution in [0, 0.1) is 12.8 Å². The molecule has 1 amide bonds. The van der Waals surface area contributed by atoms with Crippen molar-refractivity contribution in [1.82, 2.24) is 20.3 Å². The minimum absolute atomic E-state index is 0.0400. The fourth-order valence-electron chi connectivity index (χ4n) is 4.77. The zero-order valence-corrected chi connectivity index (χ0v) is 20.1. The molecule has 0 unspecified atom stereocenters. The number of hydrogen-bond acceptors (Lipinski definition) is 5. The quantitative estimate of drug-likeness (QED) is 0.219. The van der Waals surface area contributed by atoms with Gasteiger partial charge in [0.05, 0.1) is 23.7 Å². The van der Waals surface area contributed by atoms with Crippen LogP contribution in [-0.4, -0.2) is 45.7 Å². The predicted octanol–water partition coefficient (Wildman–Crippen LogP) is 5.96. The molecule has 194 valence electrons. The Labute approximate surface area is 210 Å². The Morgan fingerprint density at radius 3 is 2.81 bits per heavy atom. The number of aryl methyl sites for hydroxylation is 1. The molecule has 3 aromatic rings. The number of aromatic amines is 1. The van der Waals surface area contributed by atoms with Crippen LogP contribution < -0.4 is 10.1 Å². The second-order valence-corrected chi connectivity index (χ2v) is 9.65. The van der Waals surface area contributed by atoms with Gasteiger partial charge in [0.15, 0.2) is 0 Å². The smallest absolute Gasteiger partial charge is 0.263 e. The minimum atomic E-state index is -2.68. The van der Waals surface area contributed by atoms with Gasteiger partial charge >= 0.3 is 0 Å². The molecule has 2 N–H and O–H groups in total. The van der Waals surface area contributed by atoms with Gasteiger partial charge in [-0.3, -0.25) is 4.79 Å². The highest BCUT2D eigenvalue weighted by atomic mass is 19.3. The first kappa shape index (κ1) is 24.9. The fraction of sp³-hybridized carbons (Fsp3) is 0.480. The molecule has 2 aliphatic carbocycles. The first-order chi connectivity index (χ1) is 17.9. The lowest BCUT2D eigenvalue weighted by Crippen LogP contribution is -2.45. The summed E-state index contributed by atoms with van der Waals surface area (Å²) in [4.78, 5) is 27.7. The second kappa shape index (κ2) is 10.3. The minimum Gasteiger partial charge on any atom is -0.493 e. The molecule has 5 rings (SSSR count). The van der Waals surface area contributed by atoms with E-state index in [-0.39, 0.29) is 17.5 Å². The number of hydrogen-bond donors (Lipinski definition) is 2. The van der Waals surface area contributed by atoms with Gasteiger partial charge in [0, 0.05) is 27.8 Å². The van der Waals surface area contributed by atoms with E-state index in [4.69, 9.17) is 10.3 Å². The number of ether oxygens (including phenoxy) is 1. The number of nitrogens with one attached hydrogen (secondary N) is 2. The van der Waals surface area contributed by atoms with Crippen LogP contribution in [0.25, 0.3) is 32.7 Å². The fourth-order valence-corrected chi connectivity index (χ4v) is 4.77. The molecule has 0 radical (unpaired) electrons. The number of carbonyl (C=O) groups excluding carboxylic acids is 1. The van der Waals surface area contributed by atoms with Crippen LogP contribution in [0.5, 0.6) is 5.75 Å². The van der Waals surface area contributed by atoms with Crippen LogP contribution in [0.1, 0.15) is 60.1 Å². The molecule has 1 aromatic carbocycles. The molecular weight excluding hydrogens is 487 g/mol. The number of aromatic nitrogens is 3. The molecule has 2 heterocycles. The Morgan fingerprint density at radius 1 is 1.30 bits per heavy atom. The van der Waals surface area contributed by atoms with Crippen LogP contribution in [0.3, 0.4) is 0 Å². The Balaban J connectivity index is 1.47. The number of halogens is 3. The number of amides is 1. The van der Waals surface area contributed by atoms with Crippen LogP contribution >= 0.6 is 0 Å². The van der Waals surface area contributed by atoms with E-state index in [1.54, 1.807) is 6.92 Å². The lowest BCUT2D eigenvalue weighted by molar-refractivity contribution is 0.0877. The third-order valence-electron chi connectivity index (χ3n) is 6.96. The highest BCUT2D eigenvalue weighted by Gasteiger charge is 2.33. The summed E-state index contributed by atoms with van der Waals surface area (Å²) < 4.78 is 47.7. The first-order valence-electron chi connectivity index (χ1n) is 12.2. The van der Waals surface area contributed by atoms with Crippen molar-refractivity contribution < 1.29 is 22.7 Å². The normalized spacial score (nSPS) is 21.6. The van der Waals surface area contributed by atoms with Gasteiger partial charge in [-0.2, -0.15) is 0 Å². The van der Waals surface area contributed by atoms with Crippen LogP contribution in [0.4, 0.5) is 13.2 Å². The van der Waals surface area contributed by atoms with Crippen LogP contribution in [0.2, 0.25) is 0 Å². The summed E-state index contributed by atoms with van der Waals surface area (Å²) in [5.41, 5.74) is 10.5. The van der Waals surface area contributed by atoms with Gasteiger partial charge in [0.2, 0.25) is 0 Å². The third kappa shape index (κ3) is 5.20. The van der Waals surface area contributed by atoms with Crippen molar-refractivity contribution in [2.24, 2.45) is 11.0 Å². The molecule has 2 fully saturated rings. The molecule has 2 aromatic heterocycles. The van der Waals surface area contributed by atoms with Crippen molar-refractivity contribution in [1.29, 1.82) is 0 Å². The number of azide groups is 1. The van der Waals surface area contributed by atoms with Crippen molar-refractivity contribution in [3.63, 3.8) is 0 Å². The van der Waals surface area contributed by atoms with Crippen LogP contribution in [0.15, 0.2) is 29.6 Å². The summed E-state index contributed by atoms with van der Waals surface area (Å²) in [7, 11) is 0. The van der Waals surface area contributed by atoms with Gasteiger partial charge in [0.1, 0.15) is 29.5 Å². The number of benzene rings is 1. The van der Waals surface area contributed by atoms with Gasteiger partial charge in [-0.25, -0.2) is 23.1 Å². The average molecular weight is 514 g/mol. The molecular formula is C25H26F3N7O2. The average Bonchev–Trinajstić information content (AvgIpc) is 3.64. The van der Waals surface area contributed by atoms with Gasteiger partial charge in [-0.15, -0.1) is 0 Å². The third-order valence-corrected chi connectivity index (χ3v) is 6.96. The lowest BCUT2D eigenvalue weighted by Gasteiger charge is -2.30. The van der Waals surface area contributed by atoms with Crippen molar-refractivity contribution in [3.8, 4) is 17.0 Å². The molecule has 0 spiro atoms. The molecule has 2 aliphatic rings. The van der Waals surface area contributed by atoms with Crippen molar-refractivity contribution in [2.75, 3.05) is 6.61 Å². The van der Waals surface area contributed by atoms with E-state index in [1.807, 2.05) is 0 Å². The van der Waals surface area contributed by atoms with E-state index in [9.17, 15) is 18.0 Å². The summed E-state index contributed by atoms with van der Waals surface area (Å²) in [6.07, 6.45) is 0.226. The first-order valence-corrected chi connectivity index (χ1v) is 12.2. The number of carbonyl (C=O) groups is 1.